The molecule has 2 heterocycles. The quantitative estimate of drug-likeness (QED) is 0.545. The third kappa shape index (κ3) is 6.37. The van der Waals surface area contributed by atoms with Gasteiger partial charge in [0, 0.05) is 31.5 Å². The molecule has 1 saturated heterocycles. The summed E-state index contributed by atoms with van der Waals surface area (Å²) in [7, 11) is 0. The van der Waals surface area contributed by atoms with Gasteiger partial charge in [-0.3, -0.25) is 9.59 Å². The molecule has 2 amide bonds. The lowest BCUT2D eigenvalue weighted by atomic mass is 10.00. The summed E-state index contributed by atoms with van der Waals surface area (Å²) in [5, 5.41) is 7.31. The smallest absolute Gasteiger partial charge is 0.260 e. The highest BCUT2D eigenvalue weighted by Gasteiger charge is 2.45. The Bertz CT molecular complexity index is 1170. The molecular weight excluding hydrogens is 468 g/mol. The molecule has 3 aromatic rings. The van der Waals surface area contributed by atoms with E-state index < -0.39 is 0 Å². The maximum Gasteiger partial charge on any atom is 0.260 e. The van der Waals surface area contributed by atoms with E-state index in [4.69, 9.17) is 9.26 Å². The number of aromatic nitrogens is 2. The Balaban J connectivity index is 1.33. The molecule has 0 radical (unpaired) electrons. The first kappa shape index (κ1) is 25.0. The van der Waals surface area contributed by atoms with E-state index in [9.17, 15) is 9.59 Å². The molecule has 194 valence electrons. The lowest BCUT2D eigenvalue weighted by Gasteiger charge is -2.32. The maximum atomic E-state index is 13.4. The lowest BCUT2D eigenvalue weighted by molar-refractivity contribution is -0.138. The lowest BCUT2D eigenvalue weighted by Crippen LogP contribution is -2.48. The normalized spacial score (nSPS) is 22.5. The second kappa shape index (κ2) is 12.0. The summed E-state index contributed by atoms with van der Waals surface area (Å²) in [6.07, 6.45) is 5.69. The minimum atomic E-state index is -0.326. The number of nitrogens with one attached hydrogen (secondary N) is 1. The summed E-state index contributed by atoms with van der Waals surface area (Å²) >= 11 is 0. The topological polar surface area (TPSA) is 97.6 Å². The van der Waals surface area contributed by atoms with Crippen molar-refractivity contribution in [2.45, 2.75) is 56.9 Å². The van der Waals surface area contributed by atoms with Gasteiger partial charge in [-0.15, -0.1) is 0 Å². The number of fused-ring (bicyclic) bond motifs is 1. The highest BCUT2D eigenvalue weighted by atomic mass is 16.5. The van der Waals surface area contributed by atoms with Crippen molar-refractivity contribution >= 4 is 11.8 Å². The summed E-state index contributed by atoms with van der Waals surface area (Å²) in [6, 6.07) is 19.1. The number of benzene rings is 2. The number of carbonyl (C=O) groups excluding carboxylic acids is 2. The second-order valence-corrected chi connectivity index (χ2v) is 9.95. The fourth-order valence-corrected chi connectivity index (χ4v) is 5.45. The summed E-state index contributed by atoms with van der Waals surface area (Å²) < 4.78 is 11.5. The molecule has 5 rings (SSSR count). The van der Waals surface area contributed by atoms with Crippen molar-refractivity contribution in [1.29, 1.82) is 0 Å². The van der Waals surface area contributed by atoms with Gasteiger partial charge in [0.05, 0.1) is 5.92 Å². The van der Waals surface area contributed by atoms with Gasteiger partial charge >= 0.3 is 0 Å². The van der Waals surface area contributed by atoms with E-state index in [-0.39, 0.29) is 36.3 Å². The van der Waals surface area contributed by atoms with E-state index in [0.717, 1.165) is 31.2 Å². The van der Waals surface area contributed by atoms with Crippen LogP contribution >= 0.6 is 0 Å². The van der Waals surface area contributed by atoms with Crippen molar-refractivity contribution < 1.29 is 18.8 Å². The van der Waals surface area contributed by atoms with Crippen LogP contribution in [0, 0.1) is 5.92 Å². The predicted octanol–water partition coefficient (Wildman–Crippen LogP) is 4.12. The number of carbonyl (C=O) groups is 2. The average molecular weight is 503 g/mol. The molecule has 1 aliphatic carbocycles. The number of nitrogens with zero attached hydrogens (tertiary/aromatic N) is 3. The van der Waals surface area contributed by atoms with Crippen LogP contribution in [0.2, 0.25) is 0 Å². The van der Waals surface area contributed by atoms with Crippen LogP contribution in [0.1, 0.15) is 61.7 Å². The van der Waals surface area contributed by atoms with Crippen molar-refractivity contribution in [1.82, 2.24) is 20.4 Å². The first-order valence-corrected chi connectivity index (χ1v) is 13.3. The molecular formula is C29H34N4O4. The van der Waals surface area contributed by atoms with E-state index in [1.54, 1.807) is 0 Å². The first-order valence-electron chi connectivity index (χ1n) is 13.3. The molecule has 0 bridgehead atoms. The molecule has 3 atom stereocenters. The molecule has 2 aliphatic rings. The Kier molecular flexibility index (Phi) is 8.13. The fourth-order valence-electron chi connectivity index (χ4n) is 5.45. The van der Waals surface area contributed by atoms with E-state index in [1.165, 1.54) is 0 Å². The van der Waals surface area contributed by atoms with Crippen molar-refractivity contribution in [3.05, 3.63) is 77.9 Å². The SMILES string of the molecule is O=C1NCCCCCCN(C(=O)COc2ccccc2)C2CC(c3nc(Cc4ccccc4)no3)CC12. The Morgan fingerprint density at radius 1 is 1.00 bits per heavy atom. The molecule has 2 fully saturated rings. The van der Waals surface area contributed by atoms with Crippen molar-refractivity contribution in [3.63, 3.8) is 0 Å². The van der Waals surface area contributed by atoms with Crippen LogP contribution in [0.3, 0.4) is 0 Å². The molecule has 8 heteroatoms. The zero-order valence-corrected chi connectivity index (χ0v) is 21.1. The molecule has 1 aromatic heterocycles. The van der Waals surface area contributed by atoms with Crippen LogP contribution in [0.15, 0.2) is 65.2 Å². The highest BCUT2D eigenvalue weighted by Crippen LogP contribution is 2.41. The van der Waals surface area contributed by atoms with Gasteiger partial charge in [0.2, 0.25) is 11.8 Å². The van der Waals surface area contributed by atoms with Crippen molar-refractivity contribution in [2.24, 2.45) is 5.92 Å². The Morgan fingerprint density at radius 3 is 2.57 bits per heavy atom. The van der Waals surface area contributed by atoms with Gasteiger partial charge in [-0.2, -0.15) is 4.98 Å². The van der Waals surface area contributed by atoms with Gasteiger partial charge < -0.3 is 19.5 Å². The summed E-state index contributed by atoms with van der Waals surface area (Å²) in [6.45, 7) is 1.22. The summed E-state index contributed by atoms with van der Waals surface area (Å²) in [5.41, 5.74) is 1.11. The number of rotatable bonds is 6. The van der Waals surface area contributed by atoms with E-state index in [1.807, 2.05) is 65.6 Å². The van der Waals surface area contributed by atoms with E-state index in [0.29, 0.717) is 49.8 Å². The van der Waals surface area contributed by atoms with Gasteiger partial charge in [0.15, 0.2) is 12.4 Å². The third-order valence-electron chi connectivity index (χ3n) is 7.36. The van der Waals surface area contributed by atoms with Crippen LogP contribution < -0.4 is 10.1 Å². The van der Waals surface area contributed by atoms with Crippen LogP contribution in [0.25, 0.3) is 0 Å². The standard InChI is InChI=1S/C29H34N4O4/c34-27(20-36-23-13-7-4-8-14-23)33-16-10-2-1-9-15-30-28(35)24-18-22(19-25(24)33)29-31-26(32-37-29)17-21-11-5-3-6-12-21/h3-8,11-14,22,24-25H,1-2,9-10,15-20H2,(H,30,35). The average Bonchev–Trinajstić information content (AvgIpc) is 3.57. The monoisotopic (exact) mass is 502 g/mol. The van der Waals surface area contributed by atoms with E-state index in [2.05, 4.69) is 15.5 Å². The first-order chi connectivity index (χ1) is 18.2. The van der Waals surface area contributed by atoms with Crippen molar-refractivity contribution in [3.8, 4) is 5.75 Å². The molecule has 1 aliphatic heterocycles. The molecule has 0 spiro atoms. The minimum Gasteiger partial charge on any atom is -0.484 e. The van der Waals surface area contributed by atoms with Gasteiger partial charge in [-0.25, -0.2) is 0 Å². The number of hydrogen-bond acceptors (Lipinski definition) is 6. The van der Waals surface area contributed by atoms with Gasteiger partial charge in [0.25, 0.3) is 5.91 Å². The molecule has 3 unspecified atom stereocenters. The Labute approximate surface area is 217 Å². The van der Waals surface area contributed by atoms with Gasteiger partial charge in [-0.05, 0) is 43.4 Å². The third-order valence-corrected chi connectivity index (χ3v) is 7.36. The molecule has 37 heavy (non-hydrogen) atoms. The summed E-state index contributed by atoms with van der Waals surface area (Å²) in [4.78, 5) is 33.2. The molecule has 1 saturated carbocycles. The number of ether oxygens (including phenoxy) is 1. The molecule has 2 aromatic carbocycles. The van der Waals surface area contributed by atoms with Crippen LogP contribution in [-0.4, -0.2) is 52.6 Å². The fraction of sp³-hybridized carbons (Fsp3) is 0.448. The van der Waals surface area contributed by atoms with Crippen LogP contribution in [0.4, 0.5) is 0 Å². The van der Waals surface area contributed by atoms with Gasteiger partial charge in [0.1, 0.15) is 5.75 Å². The van der Waals surface area contributed by atoms with Crippen molar-refractivity contribution in [2.75, 3.05) is 19.7 Å². The molecule has 8 nitrogen and oxygen atoms in total. The highest BCUT2D eigenvalue weighted by molar-refractivity contribution is 5.83. The minimum absolute atomic E-state index is 0.000187. The largest absolute Gasteiger partial charge is 0.484 e. The Hall–Kier alpha value is -3.68. The zero-order valence-electron chi connectivity index (χ0n) is 21.1. The number of amides is 2. The second-order valence-electron chi connectivity index (χ2n) is 9.95. The Morgan fingerprint density at radius 2 is 1.76 bits per heavy atom. The number of para-hydroxylation sites is 1. The summed E-state index contributed by atoms with van der Waals surface area (Å²) in [5.74, 6) is 1.33. The number of hydrogen-bond donors (Lipinski definition) is 1. The predicted molar refractivity (Wildman–Crippen MR) is 138 cm³/mol. The van der Waals surface area contributed by atoms with E-state index >= 15 is 0 Å². The van der Waals surface area contributed by atoms with Crippen LogP contribution in [0.5, 0.6) is 5.75 Å². The van der Waals surface area contributed by atoms with Gasteiger partial charge in [-0.1, -0.05) is 66.5 Å². The van der Waals surface area contributed by atoms with Crippen LogP contribution in [-0.2, 0) is 16.0 Å². The molecule has 1 N–H and O–H groups in total. The maximum absolute atomic E-state index is 13.4. The zero-order chi connectivity index (χ0) is 25.5.